The monoisotopic (exact) mass is 234 g/mol. The summed E-state index contributed by atoms with van der Waals surface area (Å²) in [7, 11) is 0. The molecule has 1 aromatic rings. The Balaban J connectivity index is 2.03. The molecule has 1 unspecified atom stereocenters. The van der Waals surface area contributed by atoms with Gasteiger partial charge in [-0.05, 0) is 30.7 Å². The molecule has 0 N–H and O–H groups in total. The van der Waals surface area contributed by atoms with Gasteiger partial charge in [0.2, 0.25) is 0 Å². The van der Waals surface area contributed by atoms with Gasteiger partial charge in [-0.1, -0.05) is 57.0 Å². The second-order valence-corrected chi connectivity index (χ2v) is 4.77. The van der Waals surface area contributed by atoms with Crippen LogP contribution < -0.4 is 0 Å². The lowest BCUT2D eigenvalue weighted by Gasteiger charge is -2.11. The molecule has 0 spiro atoms. The SMILES string of the molecule is CCCCCOCCCC(C)c1ccccc1. The van der Waals surface area contributed by atoms with Crippen molar-refractivity contribution < 1.29 is 4.74 Å². The van der Waals surface area contributed by atoms with Crippen LogP contribution in [-0.4, -0.2) is 13.2 Å². The van der Waals surface area contributed by atoms with Gasteiger partial charge in [0.25, 0.3) is 0 Å². The van der Waals surface area contributed by atoms with Crippen LogP contribution in [-0.2, 0) is 4.74 Å². The predicted molar refractivity (Wildman–Crippen MR) is 74.4 cm³/mol. The Morgan fingerprint density at radius 3 is 2.41 bits per heavy atom. The highest BCUT2D eigenvalue weighted by Gasteiger charge is 2.03. The average molecular weight is 234 g/mol. The molecule has 96 valence electrons. The molecule has 0 aliphatic heterocycles. The van der Waals surface area contributed by atoms with E-state index in [0.29, 0.717) is 5.92 Å². The fraction of sp³-hybridized carbons (Fsp3) is 0.625. The minimum Gasteiger partial charge on any atom is -0.381 e. The minimum absolute atomic E-state index is 0.649. The van der Waals surface area contributed by atoms with Gasteiger partial charge >= 0.3 is 0 Å². The normalized spacial score (nSPS) is 12.6. The number of rotatable bonds is 9. The second kappa shape index (κ2) is 9.23. The molecular weight excluding hydrogens is 208 g/mol. The molecule has 0 amide bonds. The van der Waals surface area contributed by atoms with Crippen molar-refractivity contribution >= 4 is 0 Å². The van der Waals surface area contributed by atoms with E-state index < -0.39 is 0 Å². The van der Waals surface area contributed by atoms with Gasteiger partial charge in [-0.3, -0.25) is 0 Å². The first-order valence-electron chi connectivity index (χ1n) is 6.97. The number of unbranched alkanes of at least 4 members (excludes halogenated alkanes) is 2. The minimum atomic E-state index is 0.649. The fourth-order valence-corrected chi connectivity index (χ4v) is 2.00. The Bertz CT molecular complexity index is 268. The van der Waals surface area contributed by atoms with Crippen molar-refractivity contribution in [2.24, 2.45) is 0 Å². The zero-order valence-corrected chi connectivity index (χ0v) is 11.3. The first-order valence-corrected chi connectivity index (χ1v) is 6.97. The largest absolute Gasteiger partial charge is 0.381 e. The number of ether oxygens (including phenoxy) is 1. The van der Waals surface area contributed by atoms with Crippen LogP contribution in [0.3, 0.4) is 0 Å². The molecule has 0 aliphatic rings. The summed E-state index contributed by atoms with van der Waals surface area (Å²) in [5.74, 6) is 0.649. The molecule has 0 radical (unpaired) electrons. The standard InChI is InChI=1S/C16H26O/c1-3-4-8-13-17-14-9-10-15(2)16-11-6-5-7-12-16/h5-7,11-12,15H,3-4,8-10,13-14H2,1-2H3. The summed E-state index contributed by atoms with van der Waals surface area (Å²) in [4.78, 5) is 0. The van der Waals surface area contributed by atoms with E-state index in [-0.39, 0.29) is 0 Å². The van der Waals surface area contributed by atoms with Gasteiger partial charge in [-0.15, -0.1) is 0 Å². The summed E-state index contributed by atoms with van der Waals surface area (Å²) in [5, 5.41) is 0. The smallest absolute Gasteiger partial charge is 0.0466 e. The number of benzene rings is 1. The lowest BCUT2D eigenvalue weighted by atomic mass is 9.97. The van der Waals surface area contributed by atoms with E-state index >= 15 is 0 Å². The molecule has 1 heteroatoms. The Kier molecular flexibility index (Phi) is 7.74. The molecule has 0 heterocycles. The molecule has 1 atom stereocenters. The van der Waals surface area contributed by atoms with Gasteiger partial charge in [0.15, 0.2) is 0 Å². The fourth-order valence-electron chi connectivity index (χ4n) is 2.00. The van der Waals surface area contributed by atoms with Crippen LogP contribution >= 0.6 is 0 Å². The van der Waals surface area contributed by atoms with Crippen molar-refractivity contribution in [1.29, 1.82) is 0 Å². The third-order valence-electron chi connectivity index (χ3n) is 3.19. The van der Waals surface area contributed by atoms with Gasteiger partial charge in [0.05, 0.1) is 0 Å². The van der Waals surface area contributed by atoms with Crippen molar-refractivity contribution in [3.8, 4) is 0 Å². The highest BCUT2D eigenvalue weighted by Crippen LogP contribution is 2.19. The summed E-state index contributed by atoms with van der Waals surface area (Å²) in [6.07, 6.45) is 6.17. The van der Waals surface area contributed by atoms with Gasteiger partial charge in [-0.25, -0.2) is 0 Å². The Morgan fingerprint density at radius 1 is 1.00 bits per heavy atom. The van der Waals surface area contributed by atoms with Gasteiger partial charge in [0, 0.05) is 13.2 Å². The third kappa shape index (κ3) is 6.48. The molecule has 1 aromatic carbocycles. The molecule has 0 aromatic heterocycles. The average Bonchev–Trinajstić information content (AvgIpc) is 2.38. The third-order valence-corrected chi connectivity index (χ3v) is 3.19. The van der Waals surface area contributed by atoms with E-state index in [9.17, 15) is 0 Å². The maximum Gasteiger partial charge on any atom is 0.0466 e. The zero-order valence-electron chi connectivity index (χ0n) is 11.3. The molecule has 0 saturated heterocycles. The maximum absolute atomic E-state index is 5.62. The Hall–Kier alpha value is -0.820. The van der Waals surface area contributed by atoms with Crippen LogP contribution in [0, 0.1) is 0 Å². The predicted octanol–water partition coefficient (Wildman–Crippen LogP) is 4.78. The molecule has 1 nitrogen and oxygen atoms in total. The van der Waals surface area contributed by atoms with Crippen LogP contribution in [0.1, 0.15) is 57.4 Å². The highest BCUT2D eigenvalue weighted by atomic mass is 16.5. The molecular formula is C16H26O. The molecule has 0 saturated carbocycles. The molecule has 0 aliphatic carbocycles. The quantitative estimate of drug-likeness (QED) is 0.559. The van der Waals surface area contributed by atoms with Crippen molar-refractivity contribution in [2.75, 3.05) is 13.2 Å². The molecule has 17 heavy (non-hydrogen) atoms. The van der Waals surface area contributed by atoms with E-state index in [1.165, 1.54) is 37.7 Å². The lowest BCUT2D eigenvalue weighted by Crippen LogP contribution is -2.00. The molecule has 0 bridgehead atoms. The number of hydrogen-bond acceptors (Lipinski definition) is 1. The van der Waals surface area contributed by atoms with Crippen LogP contribution in [0.2, 0.25) is 0 Å². The first-order chi connectivity index (χ1) is 8.34. The van der Waals surface area contributed by atoms with E-state index in [2.05, 4.69) is 44.2 Å². The van der Waals surface area contributed by atoms with Crippen molar-refractivity contribution in [3.63, 3.8) is 0 Å². The van der Waals surface area contributed by atoms with Crippen LogP contribution in [0.15, 0.2) is 30.3 Å². The van der Waals surface area contributed by atoms with Gasteiger partial charge in [-0.2, -0.15) is 0 Å². The van der Waals surface area contributed by atoms with E-state index in [4.69, 9.17) is 4.74 Å². The summed E-state index contributed by atoms with van der Waals surface area (Å²) in [6, 6.07) is 10.7. The van der Waals surface area contributed by atoms with E-state index in [1.807, 2.05) is 0 Å². The Morgan fingerprint density at radius 2 is 1.71 bits per heavy atom. The Labute approximate surface area is 106 Å². The molecule has 0 fully saturated rings. The summed E-state index contributed by atoms with van der Waals surface area (Å²) in [5.41, 5.74) is 1.44. The summed E-state index contributed by atoms with van der Waals surface area (Å²) >= 11 is 0. The highest BCUT2D eigenvalue weighted by molar-refractivity contribution is 5.18. The van der Waals surface area contributed by atoms with Crippen molar-refractivity contribution in [1.82, 2.24) is 0 Å². The van der Waals surface area contributed by atoms with E-state index in [1.54, 1.807) is 0 Å². The van der Waals surface area contributed by atoms with Crippen molar-refractivity contribution in [2.45, 2.75) is 51.9 Å². The topological polar surface area (TPSA) is 9.23 Å². The molecule has 1 rings (SSSR count). The van der Waals surface area contributed by atoms with E-state index in [0.717, 1.165) is 13.2 Å². The van der Waals surface area contributed by atoms with Gasteiger partial charge in [0.1, 0.15) is 0 Å². The summed E-state index contributed by atoms with van der Waals surface area (Å²) < 4.78 is 5.62. The first kappa shape index (κ1) is 14.2. The maximum atomic E-state index is 5.62. The van der Waals surface area contributed by atoms with Gasteiger partial charge < -0.3 is 4.74 Å². The zero-order chi connectivity index (χ0) is 12.3. The second-order valence-electron chi connectivity index (χ2n) is 4.77. The van der Waals surface area contributed by atoms with Crippen LogP contribution in [0.5, 0.6) is 0 Å². The van der Waals surface area contributed by atoms with Crippen molar-refractivity contribution in [3.05, 3.63) is 35.9 Å². The lowest BCUT2D eigenvalue weighted by molar-refractivity contribution is 0.125. The summed E-state index contributed by atoms with van der Waals surface area (Å²) in [6.45, 7) is 6.38. The van der Waals surface area contributed by atoms with Crippen LogP contribution in [0.4, 0.5) is 0 Å². The van der Waals surface area contributed by atoms with Crippen LogP contribution in [0.25, 0.3) is 0 Å². The number of hydrogen-bond donors (Lipinski definition) is 0.